The first kappa shape index (κ1) is 38.8. The molecule has 0 aromatic heterocycles. The summed E-state index contributed by atoms with van der Waals surface area (Å²) in [6.07, 6.45) is 1.47. The van der Waals surface area contributed by atoms with Crippen molar-refractivity contribution in [2.75, 3.05) is 47.4 Å². The Balaban J connectivity index is 2.89. The van der Waals surface area contributed by atoms with Gasteiger partial charge in [-0.1, -0.05) is 41.0 Å². The number of methoxy groups -OCH3 is 2. The van der Waals surface area contributed by atoms with E-state index in [1.165, 1.54) is 7.11 Å². The van der Waals surface area contributed by atoms with Crippen molar-refractivity contribution in [3.63, 3.8) is 0 Å². The highest BCUT2D eigenvalue weighted by molar-refractivity contribution is 5.89. The topological polar surface area (TPSA) is 184 Å². The maximum absolute atomic E-state index is 13.7. The van der Waals surface area contributed by atoms with E-state index in [4.69, 9.17) is 14.6 Å². The Bertz CT molecular complexity index is 992. The van der Waals surface area contributed by atoms with Crippen molar-refractivity contribution in [1.29, 1.82) is 0 Å². The number of aliphatic carboxylic acids is 1. The summed E-state index contributed by atoms with van der Waals surface area (Å²) in [4.78, 5) is 77.3. The van der Waals surface area contributed by atoms with Gasteiger partial charge in [-0.05, 0) is 24.7 Å². The quantitative estimate of drug-likeness (QED) is 0.157. The second kappa shape index (κ2) is 19.2. The van der Waals surface area contributed by atoms with E-state index in [0.717, 1.165) is 12.8 Å². The highest BCUT2D eigenvalue weighted by Gasteiger charge is 2.42. The number of nitrogens with zero attached hydrogens (tertiary/aromatic N) is 2. The number of carboxylic acids is 1. The number of carbonyl (C=O) groups is 6. The van der Waals surface area contributed by atoms with Gasteiger partial charge in [0.2, 0.25) is 29.5 Å². The molecule has 5 amide bonds. The first-order valence-electron chi connectivity index (χ1n) is 15.3. The molecular weight excluding hydrogens is 574 g/mol. The second-order valence-corrected chi connectivity index (χ2v) is 11.9. The van der Waals surface area contributed by atoms with E-state index in [0.29, 0.717) is 19.4 Å². The SMILES string of the molecule is CCC(C)C(C(CC(=O)N1CCCC1C(OC)C(C)C(=O)NCC(=O)NCC(=O)NCC(=O)O)OC)N(C)C(=O)CC(C)C. The van der Waals surface area contributed by atoms with E-state index in [-0.39, 0.29) is 42.2 Å². The van der Waals surface area contributed by atoms with Crippen LogP contribution in [0.25, 0.3) is 0 Å². The number of hydrogen-bond acceptors (Lipinski definition) is 8. The van der Waals surface area contributed by atoms with Gasteiger partial charge in [-0.2, -0.15) is 0 Å². The van der Waals surface area contributed by atoms with Crippen molar-refractivity contribution in [2.45, 2.75) is 91.0 Å². The van der Waals surface area contributed by atoms with Gasteiger partial charge in [-0.25, -0.2) is 0 Å². The molecule has 252 valence electrons. The zero-order chi connectivity index (χ0) is 33.6. The Morgan fingerprint density at radius 1 is 0.909 bits per heavy atom. The number of hydrogen-bond donors (Lipinski definition) is 4. The fourth-order valence-electron chi connectivity index (χ4n) is 5.63. The Morgan fingerprint density at radius 2 is 1.50 bits per heavy atom. The third-order valence-electron chi connectivity index (χ3n) is 8.19. The van der Waals surface area contributed by atoms with Gasteiger partial charge in [0.05, 0.1) is 49.7 Å². The van der Waals surface area contributed by atoms with Crippen LogP contribution in [0.2, 0.25) is 0 Å². The summed E-state index contributed by atoms with van der Waals surface area (Å²) in [6.45, 7) is 8.84. The molecule has 0 radical (unpaired) electrons. The molecule has 44 heavy (non-hydrogen) atoms. The van der Waals surface area contributed by atoms with E-state index in [2.05, 4.69) is 22.9 Å². The second-order valence-electron chi connectivity index (χ2n) is 11.9. The fourth-order valence-corrected chi connectivity index (χ4v) is 5.63. The highest BCUT2D eigenvalue weighted by Crippen LogP contribution is 2.29. The summed E-state index contributed by atoms with van der Waals surface area (Å²) >= 11 is 0. The number of carbonyl (C=O) groups excluding carboxylic acids is 5. The van der Waals surface area contributed by atoms with Gasteiger partial charge in [0.1, 0.15) is 6.54 Å². The molecule has 1 saturated heterocycles. The van der Waals surface area contributed by atoms with E-state index < -0.39 is 61.5 Å². The van der Waals surface area contributed by atoms with Crippen LogP contribution in [-0.2, 0) is 38.2 Å². The van der Waals surface area contributed by atoms with E-state index in [9.17, 15) is 28.8 Å². The molecule has 0 saturated carbocycles. The summed E-state index contributed by atoms with van der Waals surface area (Å²) in [7, 11) is 4.80. The molecule has 1 heterocycles. The van der Waals surface area contributed by atoms with Crippen molar-refractivity contribution in [3.8, 4) is 0 Å². The lowest BCUT2D eigenvalue weighted by Gasteiger charge is -2.39. The zero-order valence-corrected chi connectivity index (χ0v) is 27.5. The van der Waals surface area contributed by atoms with Gasteiger partial charge in [0.15, 0.2) is 0 Å². The number of likely N-dealkylation sites (tertiary alicyclic amines) is 1. The van der Waals surface area contributed by atoms with E-state index in [1.54, 1.807) is 30.9 Å². The van der Waals surface area contributed by atoms with Gasteiger partial charge in [-0.3, -0.25) is 28.8 Å². The molecule has 1 aliphatic heterocycles. The maximum atomic E-state index is 13.7. The molecule has 0 aromatic rings. The molecule has 6 unspecified atom stereocenters. The number of rotatable bonds is 19. The minimum absolute atomic E-state index is 0.00765. The molecule has 0 aromatic carbocycles. The normalized spacial score (nSPS) is 18.1. The van der Waals surface area contributed by atoms with Crippen molar-refractivity contribution in [1.82, 2.24) is 25.8 Å². The van der Waals surface area contributed by atoms with Crippen LogP contribution in [0.3, 0.4) is 0 Å². The summed E-state index contributed by atoms with van der Waals surface area (Å²) in [5, 5.41) is 15.6. The van der Waals surface area contributed by atoms with Gasteiger partial charge in [0, 0.05) is 34.2 Å². The Labute approximate surface area is 260 Å². The number of ether oxygens (including phenoxy) is 2. The third kappa shape index (κ3) is 12.0. The van der Waals surface area contributed by atoms with Crippen molar-refractivity contribution >= 4 is 35.5 Å². The summed E-state index contributed by atoms with van der Waals surface area (Å²) in [5.41, 5.74) is 0. The lowest BCUT2D eigenvalue weighted by atomic mass is 9.90. The lowest BCUT2D eigenvalue weighted by Crippen LogP contribution is -2.53. The van der Waals surface area contributed by atoms with Crippen molar-refractivity contribution < 1.29 is 43.3 Å². The summed E-state index contributed by atoms with van der Waals surface area (Å²) in [5.74, 6) is -3.53. The zero-order valence-electron chi connectivity index (χ0n) is 27.5. The Hall–Kier alpha value is -3.26. The van der Waals surface area contributed by atoms with Crippen LogP contribution in [0.1, 0.15) is 66.7 Å². The predicted molar refractivity (Wildman–Crippen MR) is 162 cm³/mol. The average Bonchev–Trinajstić information content (AvgIpc) is 3.46. The summed E-state index contributed by atoms with van der Waals surface area (Å²) < 4.78 is 11.6. The maximum Gasteiger partial charge on any atom is 0.322 e. The number of likely N-dealkylation sites (N-methyl/N-ethyl adjacent to an activating group) is 1. The van der Waals surface area contributed by atoms with Gasteiger partial charge in [0.25, 0.3) is 0 Å². The molecule has 1 fully saturated rings. The van der Waals surface area contributed by atoms with Crippen LogP contribution in [0.4, 0.5) is 0 Å². The van der Waals surface area contributed by atoms with Crippen LogP contribution in [0.15, 0.2) is 0 Å². The van der Waals surface area contributed by atoms with Crippen molar-refractivity contribution in [2.24, 2.45) is 17.8 Å². The van der Waals surface area contributed by atoms with Crippen LogP contribution in [0.5, 0.6) is 0 Å². The largest absolute Gasteiger partial charge is 0.480 e. The minimum Gasteiger partial charge on any atom is -0.480 e. The Morgan fingerprint density at radius 3 is 2.02 bits per heavy atom. The predicted octanol–water partition coefficient (Wildman–Crippen LogP) is 0.386. The Kier molecular flexibility index (Phi) is 16.9. The van der Waals surface area contributed by atoms with Gasteiger partial charge >= 0.3 is 5.97 Å². The highest BCUT2D eigenvalue weighted by atomic mass is 16.5. The van der Waals surface area contributed by atoms with Crippen LogP contribution < -0.4 is 16.0 Å². The lowest BCUT2D eigenvalue weighted by molar-refractivity contribution is -0.146. The molecule has 14 heteroatoms. The van der Waals surface area contributed by atoms with Crippen LogP contribution >= 0.6 is 0 Å². The number of carboxylic acid groups (broad SMARTS) is 1. The van der Waals surface area contributed by atoms with E-state index >= 15 is 0 Å². The molecule has 4 N–H and O–H groups in total. The first-order chi connectivity index (χ1) is 20.7. The van der Waals surface area contributed by atoms with Gasteiger partial charge in [-0.15, -0.1) is 0 Å². The minimum atomic E-state index is -1.21. The number of amides is 5. The molecule has 0 bridgehead atoms. The first-order valence-corrected chi connectivity index (χ1v) is 15.3. The molecule has 1 rings (SSSR count). The van der Waals surface area contributed by atoms with Gasteiger partial charge < -0.3 is 40.3 Å². The molecule has 0 aliphatic carbocycles. The molecule has 1 aliphatic rings. The monoisotopic (exact) mass is 627 g/mol. The summed E-state index contributed by atoms with van der Waals surface area (Å²) in [6, 6.07) is -0.668. The molecule has 14 nitrogen and oxygen atoms in total. The van der Waals surface area contributed by atoms with Crippen molar-refractivity contribution in [3.05, 3.63) is 0 Å². The molecule has 0 spiro atoms. The molecule has 6 atom stereocenters. The molecular formula is C30H53N5O9. The smallest absolute Gasteiger partial charge is 0.322 e. The third-order valence-corrected chi connectivity index (χ3v) is 8.19. The standard InChI is InChI=1S/C30H53N5O9/c1-9-19(4)28(34(6)25(38)13-18(2)3)22(43-7)14-26(39)35-12-10-11-21(35)29(44-8)20(5)30(42)33-16-24(37)31-15-23(36)32-17-27(40)41/h18-22,28-29H,9-17H2,1-8H3,(H,31,37)(H,32,36)(H,33,42)(H,40,41). The van der Waals surface area contributed by atoms with E-state index in [1.807, 2.05) is 20.8 Å². The number of nitrogens with one attached hydrogen (secondary N) is 3. The van der Waals surface area contributed by atoms with Crippen LogP contribution in [0, 0.1) is 17.8 Å². The average molecular weight is 628 g/mol. The fraction of sp³-hybridized carbons (Fsp3) is 0.800. The van der Waals surface area contributed by atoms with Crippen LogP contribution in [-0.4, -0.2) is 122 Å².